The minimum atomic E-state index is -4.27. The Morgan fingerprint density at radius 3 is 2.50 bits per heavy atom. The quantitative estimate of drug-likeness (QED) is 0.657. The van der Waals surface area contributed by atoms with Crippen LogP contribution in [0.5, 0.6) is 5.75 Å². The summed E-state index contributed by atoms with van der Waals surface area (Å²) in [6.45, 7) is -0.262. The molecule has 0 aliphatic rings. The molecule has 0 unspecified atom stereocenters. The maximum absolute atomic E-state index is 13.0. The number of carbonyl (C=O) groups is 1. The zero-order valence-electron chi connectivity index (χ0n) is 9.13. The van der Waals surface area contributed by atoms with Gasteiger partial charge in [0.2, 0.25) is 0 Å². The van der Waals surface area contributed by atoms with Crippen LogP contribution in [0, 0.1) is 5.82 Å². The van der Waals surface area contributed by atoms with Crippen molar-refractivity contribution in [1.82, 2.24) is 0 Å². The fourth-order valence-corrected chi connectivity index (χ4v) is 1.23. The Morgan fingerprint density at radius 2 is 1.94 bits per heavy atom. The SMILES string of the molecule is O=C(O)c1cc(F)cc(OCCCC(F)(F)F)c1. The van der Waals surface area contributed by atoms with Crippen molar-refractivity contribution in [2.24, 2.45) is 0 Å². The summed E-state index contributed by atoms with van der Waals surface area (Å²) in [7, 11) is 0. The van der Waals surface area contributed by atoms with Crippen LogP contribution in [0.3, 0.4) is 0 Å². The number of benzene rings is 1. The Bertz CT molecular complexity index is 429. The fraction of sp³-hybridized carbons (Fsp3) is 0.364. The molecule has 0 amide bonds. The number of hydrogen-bond acceptors (Lipinski definition) is 2. The molecule has 0 atom stereocenters. The van der Waals surface area contributed by atoms with Gasteiger partial charge in [0, 0.05) is 12.5 Å². The molecule has 3 nitrogen and oxygen atoms in total. The smallest absolute Gasteiger partial charge is 0.389 e. The van der Waals surface area contributed by atoms with E-state index in [4.69, 9.17) is 9.84 Å². The molecule has 0 saturated carbocycles. The Hall–Kier alpha value is -1.79. The van der Waals surface area contributed by atoms with Crippen LogP contribution in [-0.2, 0) is 0 Å². The topological polar surface area (TPSA) is 46.5 Å². The van der Waals surface area contributed by atoms with Crippen LogP contribution in [-0.4, -0.2) is 23.9 Å². The maximum atomic E-state index is 13.0. The number of hydrogen-bond donors (Lipinski definition) is 1. The number of carboxylic acids is 1. The molecule has 0 aromatic heterocycles. The van der Waals surface area contributed by atoms with Crippen LogP contribution in [0.2, 0.25) is 0 Å². The summed E-state index contributed by atoms with van der Waals surface area (Å²) in [4.78, 5) is 10.6. The van der Waals surface area contributed by atoms with E-state index >= 15 is 0 Å². The van der Waals surface area contributed by atoms with Gasteiger partial charge in [-0.3, -0.25) is 0 Å². The monoisotopic (exact) mass is 266 g/mol. The summed E-state index contributed by atoms with van der Waals surface area (Å²) in [5.74, 6) is -2.26. The van der Waals surface area contributed by atoms with Gasteiger partial charge in [0.25, 0.3) is 0 Å². The van der Waals surface area contributed by atoms with Gasteiger partial charge in [0.1, 0.15) is 11.6 Å². The second-order valence-electron chi connectivity index (χ2n) is 3.55. The lowest BCUT2D eigenvalue weighted by Crippen LogP contribution is -2.10. The second-order valence-corrected chi connectivity index (χ2v) is 3.55. The molecule has 1 rings (SSSR count). The molecule has 0 bridgehead atoms. The van der Waals surface area contributed by atoms with Gasteiger partial charge in [-0.25, -0.2) is 9.18 Å². The summed E-state index contributed by atoms with van der Waals surface area (Å²) >= 11 is 0. The first-order valence-electron chi connectivity index (χ1n) is 5.01. The highest BCUT2D eigenvalue weighted by atomic mass is 19.4. The van der Waals surface area contributed by atoms with Gasteiger partial charge < -0.3 is 9.84 Å². The van der Waals surface area contributed by atoms with Crippen molar-refractivity contribution < 1.29 is 32.2 Å². The molecular formula is C11H10F4O3. The van der Waals surface area contributed by atoms with E-state index in [1.165, 1.54) is 0 Å². The van der Waals surface area contributed by atoms with E-state index in [-0.39, 0.29) is 24.3 Å². The minimum absolute atomic E-state index is 0.102. The van der Waals surface area contributed by atoms with E-state index in [1.807, 2.05) is 0 Å². The van der Waals surface area contributed by atoms with E-state index in [0.29, 0.717) is 0 Å². The van der Waals surface area contributed by atoms with E-state index in [0.717, 1.165) is 18.2 Å². The molecule has 0 fully saturated rings. The van der Waals surface area contributed by atoms with E-state index in [1.54, 1.807) is 0 Å². The molecule has 0 spiro atoms. The average Bonchev–Trinajstić information content (AvgIpc) is 2.22. The van der Waals surface area contributed by atoms with E-state index < -0.39 is 24.4 Å². The third kappa shape index (κ3) is 5.03. The van der Waals surface area contributed by atoms with Crippen LogP contribution in [0.25, 0.3) is 0 Å². The average molecular weight is 266 g/mol. The molecule has 1 aromatic rings. The number of ether oxygens (including phenoxy) is 1. The van der Waals surface area contributed by atoms with Crippen LogP contribution in [0.1, 0.15) is 23.2 Å². The third-order valence-corrected chi connectivity index (χ3v) is 1.99. The van der Waals surface area contributed by atoms with Crippen molar-refractivity contribution in [3.05, 3.63) is 29.6 Å². The van der Waals surface area contributed by atoms with Gasteiger partial charge in [-0.15, -0.1) is 0 Å². The van der Waals surface area contributed by atoms with E-state index in [2.05, 4.69) is 0 Å². The van der Waals surface area contributed by atoms with Crippen molar-refractivity contribution >= 4 is 5.97 Å². The lowest BCUT2D eigenvalue weighted by molar-refractivity contribution is -0.136. The molecule has 0 aliphatic heterocycles. The Kier molecular flexibility index (Phi) is 4.52. The molecule has 1 aromatic carbocycles. The molecule has 7 heteroatoms. The van der Waals surface area contributed by atoms with Crippen molar-refractivity contribution in [1.29, 1.82) is 0 Å². The number of carboxylic acid groups (broad SMARTS) is 1. The Morgan fingerprint density at radius 1 is 1.28 bits per heavy atom. The molecular weight excluding hydrogens is 256 g/mol. The number of rotatable bonds is 5. The lowest BCUT2D eigenvalue weighted by Gasteiger charge is -2.08. The number of halogens is 4. The van der Waals surface area contributed by atoms with Crippen molar-refractivity contribution in [3.63, 3.8) is 0 Å². The van der Waals surface area contributed by atoms with Gasteiger partial charge in [-0.2, -0.15) is 13.2 Å². The number of aromatic carboxylic acids is 1. The Balaban J connectivity index is 2.55. The standard InChI is InChI=1S/C11H10F4O3/c12-8-4-7(10(16)17)5-9(6-8)18-3-1-2-11(13,14)15/h4-6H,1-3H2,(H,16,17). The molecule has 100 valence electrons. The molecule has 18 heavy (non-hydrogen) atoms. The van der Waals surface area contributed by atoms with Crippen molar-refractivity contribution in [2.45, 2.75) is 19.0 Å². The van der Waals surface area contributed by atoms with Crippen LogP contribution in [0.15, 0.2) is 18.2 Å². The summed E-state index contributed by atoms with van der Waals surface area (Å²) in [5, 5.41) is 8.64. The fourth-order valence-electron chi connectivity index (χ4n) is 1.23. The maximum Gasteiger partial charge on any atom is 0.389 e. The zero-order valence-corrected chi connectivity index (χ0v) is 9.13. The molecule has 0 saturated heterocycles. The lowest BCUT2D eigenvalue weighted by atomic mass is 10.2. The minimum Gasteiger partial charge on any atom is -0.493 e. The predicted molar refractivity (Wildman–Crippen MR) is 54.1 cm³/mol. The van der Waals surface area contributed by atoms with Gasteiger partial charge >= 0.3 is 12.1 Å². The number of alkyl halides is 3. The first-order chi connectivity index (χ1) is 8.28. The summed E-state index contributed by atoms with van der Waals surface area (Å²) in [5.41, 5.74) is -0.319. The van der Waals surface area contributed by atoms with Crippen LogP contribution in [0.4, 0.5) is 17.6 Å². The first kappa shape index (κ1) is 14.3. The highest BCUT2D eigenvalue weighted by molar-refractivity contribution is 5.88. The molecule has 0 radical (unpaired) electrons. The molecule has 0 heterocycles. The largest absolute Gasteiger partial charge is 0.493 e. The molecule has 1 N–H and O–H groups in total. The molecule has 0 aliphatic carbocycles. The van der Waals surface area contributed by atoms with Crippen molar-refractivity contribution in [3.8, 4) is 5.75 Å². The van der Waals surface area contributed by atoms with Crippen molar-refractivity contribution in [2.75, 3.05) is 6.61 Å². The zero-order chi connectivity index (χ0) is 13.8. The van der Waals surface area contributed by atoms with Crippen LogP contribution < -0.4 is 4.74 Å². The van der Waals surface area contributed by atoms with E-state index in [9.17, 15) is 22.4 Å². The van der Waals surface area contributed by atoms with Gasteiger partial charge in [0.05, 0.1) is 12.2 Å². The first-order valence-corrected chi connectivity index (χ1v) is 5.01. The van der Waals surface area contributed by atoms with Gasteiger partial charge in [0.15, 0.2) is 0 Å². The Labute approximate surface area is 100.0 Å². The summed E-state index contributed by atoms with van der Waals surface area (Å²) in [6.07, 6.45) is -5.55. The van der Waals surface area contributed by atoms with Gasteiger partial charge in [-0.05, 0) is 18.6 Å². The van der Waals surface area contributed by atoms with Gasteiger partial charge in [-0.1, -0.05) is 0 Å². The highest BCUT2D eigenvalue weighted by Gasteiger charge is 2.26. The summed E-state index contributed by atoms with van der Waals surface area (Å²) < 4.78 is 53.3. The van der Waals surface area contributed by atoms with Crippen LogP contribution >= 0.6 is 0 Å². The third-order valence-electron chi connectivity index (χ3n) is 1.99. The summed E-state index contributed by atoms with van der Waals surface area (Å²) in [6, 6.07) is 2.77. The predicted octanol–water partition coefficient (Wildman–Crippen LogP) is 3.25. The highest BCUT2D eigenvalue weighted by Crippen LogP contribution is 2.22. The normalized spacial score (nSPS) is 11.3. The second kappa shape index (κ2) is 5.70.